The van der Waals surface area contributed by atoms with E-state index in [2.05, 4.69) is 145 Å². The summed E-state index contributed by atoms with van der Waals surface area (Å²) in [5.41, 5.74) is 9.67. The Labute approximate surface area is 253 Å². The van der Waals surface area contributed by atoms with E-state index in [1.54, 1.807) is 0 Å². The van der Waals surface area contributed by atoms with Crippen LogP contribution in [0.1, 0.15) is 25.0 Å². The van der Waals surface area contributed by atoms with Crippen LogP contribution in [0.4, 0.5) is 45.5 Å². The molecule has 4 nitrogen and oxygen atoms in total. The van der Waals surface area contributed by atoms with Gasteiger partial charge in [-0.05, 0) is 96.1 Å². The second-order valence-corrected chi connectivity index (χ2v) is 11.4. The van der Waals surface area contributed by atoms with Gasteiger partial charge in [0.05, 0.1) is 11.4 Å². The van der Waals surface area contributed by atoms with Gasteiger partial charge in [-0.15, -0.1) is 0 Å². The molecule has 6 aromatic rings. The number of anilines is 8. The molecule has 0 radical (unpaired) electrons. The van der Waals surface area contributed by atoms with Crippen LogP contribution in [0.5, 0.6) is 0 Å². The third kappa shape index (κ3) is 4.72. The van der Waals surface area contributed by atoms with E-state index in [1.165, 1.54) is 5.06 Å². The summed E-state index contributed by atoms with van der Waals surface area (Å²) in [5.74, 6) is 0. The fraction of sp³-hybridized carbons (Fsp3) is 0.0769. The first-order valence-corrected chi connectivity index (χ1v) is 14.6. The maximum absolute atomic E-state index is 11.6. The normalized spacial score (nSPS) is 13.1. The summed E-state index contributed by atoms with van der Waals surface area (Å²) in [6.07, 6.45) is 0. The van der Waals surface area contributed by atoms with Crippen molar-refractivity contribution < 1.29 is 5.21 Å². The van der Waals surface area contributed by atoms with Gasteiger partial charge in [0.25, 0.3) is 0 Å². The molecule has 0 atom stereocenters. The van der Waals surface area contributed by atoms with Crippen molar-refractivity contribution >= 4 is 45.5 Å². The molecule has 0 aromatic heterocycles. The Morgan fingerprint density at radius 2 is 0.721 bits per heavy atom. The summed E-state index contributed by atoms with van der Waals surface area (Å²) in [7, 11) is 0. The molecule has 1 aliphatic rings. The van der Waals surface area contributed by atoms with Gasteiger partial charge < -0.3 is 9.80 Å². The minimum absolute atomic E-state index is 0.395. The lowest BCUT2D eigenvalue weighted by atomic mass is 9.73. The van der Waals surface area contributed by atoms with Gasteiger partial charge in [-0.2, -0.15) is 0 Å². The van der Waals surface area contributed by atoms with E-state index < -0.39 is 5.41 Å². The molecule has 4 heteroatoms. The molecule has 0 bridgehead atoms. The van der Waals surface area contributed by atoms with Crippen molar-refractivity contribution in [2.24, 2.45) is 0 Å². The highest BCUT2D eigenvalue weighted by atomic mass is 16.5. The summed E-state index contributed by atoms with van der Waals surface area (Å²) in [6, 6.07) is 54.3. The van der Waals surface area contributed by atoms with Crippen molar-refractivity contribution in [2.45, 2.75) is 19.3 Å². The van der Waals surface area contributed by atoms with E-state index in [-0.39, 0.29) is 0 Å². The number of para-hydroxylation sites is 4. The van der Waals surface area contributed by atoms with E-state index in [0.717, 1.165) is 56.6 Å². The molecular formula is C39H33N3O. The van der Waals surface area contributed by atoms with Crippen LogP contribution < -0.4 is 14.9 Å². The van der Waals surface area contributed by atoms with Crippen LogP contribution >= 0.6 is 0 Å². The molecule has 43 heavy (non-hydrogen) atoms. The summed E-state index contributed by atoms with van der Waals surface area (Å²) in [4.78, 5) is 4.52. The van der Waals surface area contributed by atoms with Gasteiger partial charge in [-0.25, -0.2) is 5.06 Å². The van der Waals surface area contributed by atoms with E-state index in [0.29, 0.717) is 0 Å². The molecular weight excluding hydrogens is 526 g/mol. The molecule has 210 valence electrons. The monoisotopic (exact) mass is 559 g/mol. The van der Waals surface area contributed by atoms with Crippen LogP contribution in [0, 0.1) is 0 Å². The minimum atomic E-state index is -0.395. The highest BCUT2D eigenvalue weighted by Crippen LogP contribution is 2.51. The number of nitrogens with zero attached hydrogens (tertiary/aromatic N) is 3. The highest BCUT2D eigenvalue weighted by Gasteiger charge is 2.37. The molecule has 0 aliphatic carbocycles. The second-order valence-electron chi connectivity index (χ2n) is 11.4. The molecule has 1 N–H and O–H groups in total. The fourth-order valence-corrected chi connectivity index (χ4v) is 6.17. The number of rotatable bonds is 6. The van der Waals surface area contributed by atoms with Crippen molar-refractivity contribution in [3.8, 4) is 0 Å². The molecule has 1 aliphatic heterocycles. The molecule has 0 unspecified atom stereocenters. The molecule has 0 saturated carbocycles. The maximum atomic E-state index is 11.6. The van der Waals surface area contributed by atoms with Crippen molar-refractivity contribution in [1.82, 2.24) is 0 Å². The Morgan fingerprint density at radius 1 is 0.419 bits per heavy atom. The number of hydrogen-bond acceptors (Lipinski definition) is 4. The number of fused-ring (bicyclic) bond motifs is 2. The van der Waals surface area contributed by atoms with Crippen LogP contribution in [0.25, 0.3) is 0 Å². The number of benzene rings is 6. The second kappa shape index (κ2) is 10.8. The van der Waals surface area contributed by atoms with E-state index in [9.17, 15) is 5.21 Å². The first-order chi connectivity index (χ1) is 21.0. The lowest BCUT2D eigenvalue weighted by Crippen LogP contribution is -2.31. The zero-order valence-corrected chi connectivity index (χ0v) is 24.3. The van der Waals surface area contributed by atoms with Gasteiger partial charge in [-0.3, -0.25) is 5.21 Å². The van der Waals surface area contributed by atoms with E-state index in [4.69, 9.17) is 0 Å². The zero-order valence-electron chi connectivity index (χ0n) is 24.3. The van der Waals surface area contributed by atoms with Crippen LogP contribution in [-0.4, -0.2) is 5.21 Å². The van der Waals surface area contributed by atoms with E-state index >= 15 is 0 Å². The van der Waals surface area contributed by atoms with Gasteiger partial charge in [0.15, 0.2) is 0 Å². The Bertz CT molecular complexity index is 1640. The van der Waals surface area contributed by atoms with Gasteiger partial charge in [0.2, 0.25) is 0 Å². The predicted molar refractivity (Wildman–Crippen MR) is 178 cm³/mol. The smallest absolute Gasteiger partial charge is 0.0735 e. The van der Waals surface area contributed by atoms with Crippen LogP contribution in [0.15, 0.2) is 158 Å². The largest absolute Gasteiger partial charge is 0.310 e. The predicted octanol–water partition coefficient (Wildman–Crippen LogP) is 10.8. The lowest BCUT2D eigenvalue weighted by Gasteiger charge is -2.40. The zero-order chi connectivity index (χ0) is 29.4. The van der Waals surface area contributed by atoms with Crippen molar-refractivity contribution in [3.05, 3.63) is 169 Å². The third-order valence-electron chi connectivity index (χ3n) is 8.34. The highest BCUT2D eigenvalue weighted by molar-refractivity contribution is 5.85. The molecule has 7 rings (SSSR count). The Balaban J connectivity index is 1.37. The van der Waals surface area contributed by atoms with E-state index in [1.807, 2.05) is 36.4 Å². The minimum Gasteiger partial charge on any atom is -0.310 e. The third-order valence-corrected chi connectivity index (χ3v) is 8.34. The fourth-order valence-electron chi connectivity index (χ4n) is 6.17. The molecule has 1 heterocycles. The van der Waals surface area contributed by atoms with Gasteiger partial charge in [0.1, 0.15) is 0 Å². The SMILES string of the molecule is CC1(C)c2cc(N(c3ccccc3)c3ccccc3)ccc2N(O)c2ccc(N(c3ccccc3)c3ccccc3)cc21. The Morgan fingerprint density at radius 3 is 1.02 bits per heavy atom. The van der Waals surface area contributed by atoms with Crippen molar-refractivity contribution in [2.75, 3.05) is 14.9 Å². The standard InChI is InChI=1S/C39H33N3O/c1-39(2)35-27-33(40(29-15-7-3-8-16-29)30-17-9-4-10-18-30)23-25-37(35)42(43)38-26-24-34(28-36(38)39)41(31-19-11-5-12-20-31)32-21-13-6-14-22-32/h3-28,43H,1-2H3. The quantitative estimate of drug-likeness (QED) is 0.220. The Kier molecular flexibility index (Phi) is 6.69. The average molecular weight is 560 g/mol. The Hall–Kier alpha value is -5.32. The topological polar surface area (TPSA) is 30.0 Å². The summed E-state index contributed by atoms with van der Waals surface area (Å²) < 4.78 is 0. The lowest BCUT2D eigenvalue weighted by molar-refractivity contribution is 0.293. The number of hydrogen-bond donors (Lipinski definition) is 1. The van der Waals surface area contributed by atoms with Gasteiger partial charge in [-0.1, -0.05) is 86.6 Å². The molecule has 6 aromatic carbocycles. The molecule has 0 amide bonds. The first kappa shape index (κ1) is 26.6. The summed E-state index contributed by atoms with van der Waals surface area (Å²) in [5, 5.41) is 12.9. The first-order valence-electron chi connectivity index (χ1n) is 14.6. The van der Waals surface area contributed by atoms with Crippen LogP contribution in [0.3, 0.4) is 0 Å². The van der Waals surface area contributed by atoms with Crippen LogP contribution in [-0.2, 0) is 5.41 Å². The maximum Gasteiger partial charge on any atom is 0.0735 e. The van der Waals surface area contributed by atoms with Crippen molar-refractivity contribution in [3.63, 3.8) is 0 Å². The van der Waals surface area contributed by atoms with Crippen molar-refractivity contribution in [1.29, 1.82) is 0 Å². The van der Waals surface area contributed by atoms with Crippen LogP contribution in [0.2, 0.25) is 0 Å². The summed E-state index contributed by atoms with van der Waals surface area (Å²) >= 11 is 0. The molecule has 0 saturated heterocycles. The molecule has 0 fully saturated rings. The molecule has 0 spiro atoms. The summed E-state index contributed by atoms with van der Waals surface area (Å²) in [6.45, 7) is 4.49. The average Bonchev–Trinajstić information content (AvgIpc) is 3.06. The van der Waals surface area contributed by atoms with Gasteiger partial charge >= 0.3 is 0 Å². The van der Waals surface area contributed by atoms with Gasteiger partial charge in [0, 0.05) is 39.5 Å².